The molecule has 1 aromatic rings. The Kier molecular flexibility index (Phi) is 3.29. The Morgan fingerprint density at radius 3 is 2.75 bits per heavy atom. The highest BCUT2D eigenvalue weighted by atomic mass is 79.9. The van der Waals surface area contributed by atoms with Gasteiger partial charge in [0.1, 0.15) is 0 Å². The van der Waals surface area contributed by atoms with Gasteiger partial charge in [0.15, 0.2) is 5.78 Å². The minimum Gasteiger partial charge on any atom is -0.293 e. The first-order chi connectivity index (χ1) is 7.63. The van der Waals surface area contributed by atoms with Crippen LogP contribution in [0.3, 0.4) is 0 Å². The molecule has 0 aliphatic heterocycles. The summed E-state index contributed by atoms with van der Waals surface area (Å²) in [7, 11) is 0. The van der Waals surface area contributed by atoms with Crippen molar-refractivity contribution in [1.29, 1.82) is 0 Å². The zero-order chi connectivity index (χ0) is 11.6. The summed E-state index contributed by atoms with van der Waals surface area (Å²) in [6.07, 6.45) is 7.34. The average molecular weight is 279 g/mol. The third kappa shape index (κ3) is 2.12. The van der Waals surface area contributed by atoms with Crippen molar-refractivity contribution in [2.24, 2.45) is 5.41 Å². The molecule has 0 spiro atoms. The minimum absolute atomic E-state index is 0.218. The third-order valence-corrected chi connectivity index (χ3v) is 3.88. The van der Waals surface area contributed by atoms with E-state index in [9.17, 15) is 4.79 Å². The lowest BCUT2D eigenvalue weighted by atomic mass is 9.75. The van der Waals surface area contributed by atoms with Gasteiger partial charge in [0, 0.05) is 15.5 Å². The van der Waals surface area contributed by atoms with Gasteiger partial charge in [0.2, 0.25) is 0 Å². The first kappa shape index (κ1) is 11.6. The maximum absolute atomic E-state index is 12.5. The van der Waals surface area contributed by atoms with Gasteiger partial charge in [-0.25, -0.2) is 0 Å². The van der Waals surface area contributed by atoms with Crippen molar-refractivity contribution in [3.8, 4) is 0 Å². The van der Waals surface area contributed by atoms with Crippen LogP contribution in [-0.2, 0) is 0 Å². The van der Waals surface area contributed by atoms with E-state index >= 15 is 0 Å². The Bertz CT molecular complexity index is 436. The first-order valence-electron chi connectivity index (χ1n) is 5.60. The van der Waals surface area contributed by atoms with Crippen molar-refractivity contribution in [2.75, 3.05) is 0 Å². The number of halogens is 1. The molecule has 16 heavy (non-hydrogen) atoms. The smallest absolute Gasteiger partial charge is 0.173 e. The molecule has 0 bridgehead atoms. The molecule has 0 saturated heterocycles. The van der Waals surface area contributed by atoms with E-state index in [2.05, 4.69) is 28.1 Å². The maximum Gasteiger partial charge on any atom is 0.173 e. The molecule has 0 radical (unpaired) electrons. The number of carbonyl (C=O) groups excluding carboxylic acids is 1. The van der Waals surface area contributed by atoms with E-state index in [1.807, 2.05) is 31.2 Å². The van der Waals surface area contributed by atoms with E-state index in [1.54, 1.807) is 0 Å². The molecule has 0 amide bonds. The SMILES string of the molecule is CC1(C(=O)c2ccccc2Br)C=CCCC1. The summed E-state index contributed by atoms with van der Waals surface area (Å²) in [5.74, 6) is 0.218. The van der Waals surface area contributed by atoms with Gasteiger partial charge in [0.05, 0.1) is 0 Å². The first-order valence-corrected chi connectivity index (χ1v) is 6.40. The van der Waals surface area contributed by atoms with Crippen LogP contribution in [0.2, 0.25) is 0 Å². The molecule has 0 aromatic heterocycles. The number of carbonyl (C=O) groups is 1. The van der Waals surface area contributed by atoms with E-state index in [-0.39, 0.29) is 11.2 Å². The molecular weight excluding hydrogens is 264 g/mol. The highest BCUT2D eigenvalue weighted by Gasteiger charge is 2.32. The molecule has 1 aliphatic rings. The quantitative estimate of drug-likeness (QED) is 0.580. The Labute approximate surface area is 105 Å². The molecule has 2 heteroatoms. The molecular formula is C14H15BrO. The molecule has 0 fully saturated rings. The zero-order valence-electron chi connectivity index (χ0n) is 9.37. The van der Waals surface area contributed by atoms with Gasteiger partial charge < -0.3 is 0 Å². The Morgan fingerprint density at radius 2 is 2.12 bits per heavy atom. The van der Waals surface area contributed by atoms with Crippen molar-refractivity contribution in [3.05, 3.63) is 46.5 Å². The van der Waals surface area contributed by atoms with Gasteiger partial charge >= 0.3 is 0 Å². The average Bonchev–Trinajstić information content (AvgIpc) is 2.30. The summed E-state index contributed by atoms with van der Waals surface area (Å²) in [4.78, 5) is 12.5. The summed E-state index contributed by atoms with van der Waals surface area (Å²) in [5.41, 5.74) is 0.471. The summed E-state index contributed by atoms with van der Waals surface area (Å²) >= 11 is 3.44. The maximum atomic E-state index is 12.5. The van der Waals surface area contributed by atoms with Crippen LogP contribution in [0, 0.1) is 5.41 Å². The molecule has 1 atom stereocenters. The summed E-state index contributed by atoms with van der Waals surface area (Å²) in [5, 5.41) is 0. The molecule has 0 heterocycles. The van der Waals surface area contributed by atoms with Crippen LogP contribution in [0.1, 0.15) is 36.5 Å². The van der Waals surface area contributed by atoms with Crippen molar-refractivity contribution >= 4 is 21.7 Å². The topological polar surface area (TPSA) is 17.1 Å². The lowest BCUT2D eigenvalue weighted by molar-refractivity contribution is 0.0852. The standard InChI is InChI=1S/C14H15BrO/c1-14(9-5-2-6-10-14)13(16)11-7-3-4-8-12(11)15/h3-5,7-9H,2,6,10H2,1H3. The predicted molar refractivity (Wildman–Crippen MR) is 69.6 cm³/mol. The van der Waals surface area contributed by atoms with Crippen LogP contribution in [0.15, 0.2) is 40.9 Å². The monoisotopic (exact) mass is 278 g/mol. The largest absolute Gasteiger partial charge is 0.293 e. The number of allylic oxidation sites excluding steroid dienone is 2. The zero-order valence-corrected chi connectivity index (χ0v) is 11.0. The second-order valence-electron chi connectivity index (χ2n) is 4.52. The van der Waals surface area contributed by atoms with Gasteiger partial charge in [-0.1, -0.05) is 46.3 Å². The van der Waals surface area contributed by atoms with Crippen LogP contribution >= 0.6 is 15.9 Å². The van der Waals surface area contributed by atoms with Crippen LogP contribution in [0.25, 0.3) is 0 Å². The van der Waals surface area contributed by atoms with E-state index in [1.165, 1.54) is 0 Å². The number of rotatable bonds is 2. The second kappa shape index (κ2) is 4.54. The molecule has 2 rings (SSSR count). The fourth-order valence-electron chi connectivity index (χ4n) is 2.16. The second-order valence-corrected chi connectivity index (χ2v) is 5.38. The van der Waals surface area contributed by atoms with Gasteiger partial charge in [0.25, 0.3) is 0 Å². The Balaban J connectivity index is 2.35. The van der Waals surface area contributed by atoms with Crippen molar-refractivity contribution in [1.82, 2.24) is 0 Å². The fourth-order valence-corrected chi connectivity index (χ4v) is 2.62. The summed E-state index contributed by atoms with van der Waals surface area (Å²) < 4.78 is 0.889. The number of hydrogen-bond donors (Lipinski definition) is 0. The third-order valence-electron chi connectivity index (χ3n) is 3.19. The normalized spacial score (nSPS) is 24.4. The predicted octanol–water partition coefficient (Wildman–Crippen LogP) is 4.38. The number of benzene rings is 1. The van der Waals surface area contributed by atoms with E-state index < -0.39 is 0 Å². The number of Topliss-reactive ketones (excluding diaryl/α,β-unsaturated/α-hetero) is 1. The fraction of sp³-hybridized carbons (Fsp3) is 0.357. The summed E-state index contributed by atoms with van der Waals surface area (Å²) in [6, 6.07) is 7.65. The van der Waals surface area contributed by atoms with Crippen molar-refractivity contribution in [2.45, 2.75) is 26.2 Å². The van der Waals surface area contributed by atoms with E-state index in [0.717, 1.165) is 29.3 Å². The van der Waals surface area contributed by atoms with Gasteiger partial charge in [-0.2, -0.15) is 0 Å². The van der Waals surface area contributed by atoms with E-state index in [4.69, 9.17) is 0 Å². The molecule has 1 unspecified atom stereocenters. The highest BCUT2D eigenvalue weighted by molar-refractivity contribution is 9.10. The number of ketones is 1. The Morgan fingerprint density at radius 1 is 1.38 bits per heavy atom. The Hall–Kier alpha value is -0.890. The molecule has 1 aromatic carbocycles. The minimum atomic E-state index is -0.317. The molecule has 1 nitrogen and oxygen atoms in total. The number of hydrogen-bond acceptors (Lipinski definition) is 1. The lowest BCUT2D eigenvalue weighted by Crippen LogP contribution is -2.27. The molecule has 84 valence electrons. The van der Waals surface area contributed by atoms with Gasteiger partial charge in [-0.15, -0.1) is 0 Å². The van der Waals surface area contributed by atoms with Crippen LogP contribution < -0.4 is 0 Å². The van der Waals surface area contributed by atoms with Crippen LogP contribution in [0.5, 0.6) is 0 Å². The van der Waals surface area contributed by atoms with Crippen molar-refractivity contribution < 1.29 is 4.79 Å². The van der Waals surface area contributed by atoms with Gasteiger partial charge in [-0.3, -0.25) is 4.79 Å². The van der Waals surface area contributed by atoms with E-state index in [0.29, 0.717) is 0 Å². The molecule has 0 saturated carbocycles. The van der Waals surface area contributed by atoms with Gasteiger partial charge in [-0.05, 0) is 32.3 Å². The lowest BCUT2D eigenvalue weighted by Gasteiger charge is -2.27. The van der Waals surface area contributed by atoms with Crippen LogP contribution in [-0.4, -0.2) is 5.78 Å². The van der Waals surface area contributed by atoms with Crippen LogP contribution in [0.4, 0.5) is 0 Å². The van der Waals surface area contributed by atoms with Crippen molar-refractivity contribution in [3.63, 3.8) is 0 Å². The molecule has 1 aliphatic carbocycles. The summed E-state index contributed by atoms with van der Waals surface area (Å²) in [6.45, 7) is 2.03. The molecule has 0 N–H and O–H groups in total. The highest BCUT2D eigenvalue weighted by Crippen LogP contribution is 2.35.